The third-order valence-corrected chi connectivity index (χ3v) is 3.73. The summed E-state index contributed by atoms with van der Waals surface area (Å²) in [5.74, 6) is -0.557. The number of aromatic nitrogens is 3. The van der Waals surface area contributed by atoms with Crippen LogP contribution in [0.5, 0.6) is 0 Å². The molecule has 2 heterocycles. The van der Waals surface area contributed by atoms with E-state index in [-0.39, 0.29) is 18.9 Å². The van der Waals surface area contributed by atoms with E-state index in [0.717, 1.165) is 0 Å². The molecule has 1 aromatic rings. The molecule has 0 unspecified atom stereocenters. The summed E-state index contributed by atoms with van der Waals surface area (Å²) in [4.78, 5) is 1.87. The monoisotopic (exact) mass is 294 g/mol. The molecule has 1 fully saturated rings. The molecule has 1 aliphatic rings. The number of nitrogens with zero attached hydrogens (tertiary/aromatic N) is 3. The third kappa shape index (κ3) is 2.93. The van der Waals surface area contributed by atoms with Crippen LogP contribution in [-0.4, -0.2) is 34.0 Å². The Bertz CT molecular complexity index is 483. The molecule has 0 bridgehead atoms. The van der Waals surface area contributed by atoms with Gasteiger partial charge in [-0.2, -0.15) is 13.2 Å². The van der Waals surface area contributed by atoms with Crippen molar-refractivity contribution in [3.63, 3.8) is 0 Å². The smallest absolute Gasteiger partial charge is 0.341 e. The van der Waals surface area contributed by atoms with Crippen molar-refractivity contribution < 1.29 is 13.2 Å². The molecule has 0 aliphatic carbocycles. The average Bonchev–Trinajstić information content (AvgIpc) is 2.70. The van der Waals surface area contributed by atoms with E-state index < -0.39 is 12.1 Å². The molecule has 19 heavy (non-hydrogen) atoms. The predicted octanol–water partition coefficient (Wildman–Crippen LogP) is 3.30. The number of aromatic amines is 1. The van der Waals surface area contributed by atoms with Crippen LogP contribution in [0.2, 0.25) is 0 Å². The predicted molar refractivity (Wildman–Crippen MR) is 68.8 cm³/mol. The lowest BCUT2D eigenvalue weighted by Gasteiger charge is -2.33. The fourth-order valence-corrected chi connectivity index (χ4v) is 2.73. The second-order valence-electron chi connectivity index (χ2n) is 5.10. The zero-order chi connectivity index (χ0) is 14.2. The van der Waals surface area contributed by atoms with Gasteiger partial charge < -0.3 is 4.90 Å². The molecule has 1 aliphatic heterocycles. The molecule has 8 heteroatoms. The van der Waals surface area contributed by atoms with Crippen LogP contribution in [0.1, 0.15) is 32.7 Å². The lowest BCUT2D eigenvalue weighted by molar-refractivity contribution is -0.179. The number of hydrogen-bond acceptors (Lipinski definition) is 3. The number of rotatable bonds is 2. The minimum absolute atomic E-state index is 0.112. The van der Waals surface area contributed by atoms with Crippen LogP contribution >= 0.6 is 12.2 Å². The second kappa shape index (κ2) is 5.15. The maximum Gasteiger partial charge on any atom is 0.391 e. The molecule has 108 valence electrons. The maximum atomic E-state index is 12.6. The van der Waals surface area contributed by atoms with Gasteiger partial charge in [-0.3, -0.25) is 4.57 Å². The van der Waals surface area contributed by atoms with Crippen LogP contribution in [0, 0.1) is 10.7 Å². The van der Waals surface area contributed by atoms with Gasteiger partial charge in [-0.05, 0) is 38.9 Å². The summed E-state index contributed by atoms with van der Waals surface area (Å²) >= 11 is 5.14. The Kier molecular flexibility index (Phi) is 3.89. The number of H-pyrrole nitrogens is 1. The van der Waals surface area contributed by atoms with E-state index in [0.29, 0.717) is 23.8 Å². The van der Waals surface area contributed by atoms with Gasteiger partial charge in [-0.25, -0.2) is 5.10 Å². The topological polar surface area (TPSA) is 36.9 Å². The molecule has 1 aromatic heterocycles. The van der Waals surface area contributed by atoms with E-state index in [9.17, 15) is 13.2 Å². The lowest BCUT2D eigenvalue weighted by atomic mass is 9.96. The van der Waals surface area contributed by atoms with E-state index in [1.54, 1.807) is 0 Å². The van der Waals surface area contributed by atoms with Crippen molar-refractivity contribution in [3.8, 4) is 0 Å². The van der Waals surface area contributed by atoms with Gasteiger partial charge in [0.05, 0.1) is 5.92 Å². The van der Waals surface area contributed by atoms with E-state index >= 15 is 0 Å². The summed E-state index contributed by atoms with van der Waals surface area (Å²) in [6.45, 7) is 4.65. The molecular formula is C11H17F3N4S. The number of nitrogens with one attached hydrogen (secondary N) is 1. The first kappa shape index (κ1) is 14.4. The Morgan fingerprint density at radius 2 is 1.89 bits per heavy atom. The van der Waals surface area contributed by atoms with E-state index in [2.05, 4.69) is 10.2 Å². The van der Waals surface area contributed by atoms with Crippen molar-refractivity contribution in [2.24, 2.45) is 5.92 Å². The highest BCUT2D eigenvalue weighted by atomic mass is 32.1. The molecule has 1 saturated heterocycles. The number of hydrogen-bond donors (Lipinski definition) is 1. The van der Waals surface area contributed by atoms with E-state index in [1.807, 2.05) is 23.3 Å². The van der Waals surface area contributed by atoms with Crippen molar-refractivity contribution in [2.45, 2.75) is 38.9 Å². The fraction of sp³-hybridized carbons (Fsp3) is 0.818. The minimum atomic E-state index is -4.09. The Morgan fingerprint density at radius 3 is 2.37 bits per heavy atom. The van der Waals surface area contributed by atoms with Crippen LogP contribution in [0.3, 0.4) is 0 Å². The summed E-state index contributed by atoms with van der Waals surface area (Å²) in [6, 6.07) is 0.126. The highest BCUT2D eigenvalue weighted by molar-refractivity contribution is 7.71. The van der Waals surface area contributed by atoms with Crippen molar-refractivity contribution in [1.82, 2.24) is 14.8 Å². The number of anilines is 1. The van der Waals surface area contributed by atoms with Gasteiger partial charge in [0, 0.05) is 19.1 Å². The Labute approximate surface area is 114 Å². The minimum Gasteiger partial charge on any atom is -0.341 e. The second-order valence-corrected chi connectivity index (χ2v) is 5.48. The van der Waals surface area contributed by atoms with E-state index in [1.165, 1.54) is 0 Å². The molecule has 4 nitrogen and oxygen atoms in total. The quantitative estimate of drug-likeness (QED) is 0.850. The van der Waals surface area contributed by atoms with Gasteiger partial charge in [-0.15, -0.1) is 5.10 Å². The Hall–Kier alpha value is -1.05. The summed E-state index contributed by atoms with van der Waals surface area (Å²) in [6.07, 6.45) is -3.86. The van der Waals surface area contributed by atoms with Crippen molar-refractivity contribution in [3.05, 3.63) is 4.77 Å². The third-order valence-electron chi connectivity index (χ3n) is 3.44. The van der Waals surface area contributed by atoms with E-state index in [4.69, 9.17) is 12.2 Å². The first-order valence-electron chi connectivity index (χ1n) is 6.29. The van der Waals surface area contributed by atoms with Crippen LogP contribution in [0.15, 0.2) is 0 Å². The largest absolute Gasteiger partial charge is 0.391 e. The van der Waals surface area contributed by atoms with Crippen LogP contribution < -0.4 is 4.90 Å². The first-order valence-corrected chi connectivity index (χ1v) is 6.70. The standard InChI is InChI=1S/C11H17F3N4S/c1-7(2)18-9(15-16-10(18)19)17-5-3-8(4-6-17)11(12,13)14/h7-8H,3-6H2,1-2H3,(H,16,19). The zero-order valence-corrected chi connectivity index (χ0v) is 11.7. The zero-order valence-electron chi connectivity index (χ0n) is 10.9. The van der Waals surface area contributed by atoms with Crippen molar-refractivity contribution in [1.29, 1.82) is 0 Å². The molecule has 0 atom stereocenters. The molecule has 2 rings (SSSR count). The lowest BCUT2D eigenvalue weighted by Crippen LogP contribution is -2.40. The molecule has 0 saturated carbocycles. The number of alkyl halides is 3. The number of piperidine rings is 1. The normalized spacial score (nSPS) is 18.3. The SMILES string of the molecule is CC(C)n1c(N2CCC(C(F)(F)F)CC2)n[nH]c1=S. The molecule has 0 radical (unpaired) electrons. The Morgan fingerprint density at radius 1 is 1.32 bits per heavy atom. The van der Waals surface area contributed by atoms with Crippen molar-refractivity contribution in [2.75, 3.05) is 18.0 Å². The highest BCUT2D eigenvalue weighted by Gasteiger charge is 2.41. The van der Waals surface area contributed by atoms with Gasteiger partial charge in [0.15, 0.2) is 4.77 Å². The number of halogens is 3. The van der Waals surface area contributed by atoms with Gasteiger partial charge in [0.1, 0.15) is 0 Å². The summed E-state index contributed by atoms with van der Waals surface area (Å²) in [7, 11) is 0. The fourth-order valence-electron chi connectivity index (χ4n) is 2.39. The highest BCUT2D eigenvalue weighted by Crippen LogP contribution is 2.35. The van der Waals surface area contributed by atoms with Crippen LogP contribution in [0.4, 0.5) is 19.1 Å². The molecule has 0 spiro atoms. The molecule has 0 aromatic carbocycles. The Balaban J connectivity index is 2.12. The summed E-state index contributed by atoms with van der Waals surface area (Å²) < 4.78 is 40.2. The molecular weight excluding hydrogens is 277 g/mol. The molecule has 0 amide bonds. The van der Waals surface area contributed by atoms with Crippen LogP contribution in [-0.2, 0) is 0 Å². The van der Waals surface area contributed by atoms with Gasteiger partial charge in [-0.1, -0.05) is 0 Å². The first-order chi connectivity index (χ1) is 8.80. The van der Waals surface area contributed by atoms with Crippen LogP contribution in [0.25, 0.3) is 0 Å². The molecule has 1 N–H and O–H groups in total. The van der Waals surface area contributed by atoms with Gasteiger partial charge in [0.2, 0.25) is 5.95 Å². The maximum absolute atomic E-state index is 12.6. The summed E-state index contributed by atoms with van der Waals surface area (Å²) in [5, 5.41) is 6.85. The van der Waals surface area contributed by atoms with Crippen molar-refractivity contribution >= 4 is 18.2 Å². The average molecular weight is 294 g/mol. The summed E-state index contributed by atoms with van der Waals surface area (Å²) in [5.41, 5.74) is 0. The van der Waals surface area contributed by atoms with Gasteiger partial charge in [0.25, 0.3) is 0 Å². The van der Waals surface area contributed by atoms with Gasteiger partial charge >= 0.3 is 6.18 Å².